The van der Waals surface area contributed by atoms with Gasteiger partial charge in [0.2, 0.25) is 5.88 Å². The van der Waals surface area contributed by atoms with E-state index in [0.717, 1.165) is 11.4 Å². The summed E-state index contributed by atoms with van der Waals surface area (Å²) in [6.07, 6.45) is 0.646. The first-order chi connectivity index (χ1) is 11.0. The number of rotatable bonds is 4. The molecule has 2 aromatic rings. The normalized spacial score (nSPS) is 17.3. The van der Waals surface area contributed by atoms with Crippen molar-refractivity contribution in [1.29, 1.82) is 0 Å². The van der Waals surface area contributed by atoms with Crippen molar-refractivity contribution < 1.29 is 14.6 Å². The second kappa shape index (κ2) is 6.46. The van der Waals surface area contributed by atoms with E-state index in [1.54, 1.807) is 12.1 Å². The number of aryl methyl sites for hydroxylation is 1. The molecule has 1 fully saturated rings. The number of aromatic nitrogens is 1. The number of carbonyl (C=O) groups is 1. The SMILES string of the molecule is Cc1cccc(Oc2cc(N3CC[C@@H](C(=O)O)C3)ccc2Cl)n1. The van der Waals surface area contributed by atoms with Gasteiger partial charge in [0.05, 0.1) is 10.9 Å². The van der Waals surface area contributed by atoms with Crippen molar-refractivity contribution in [3.8, 4) is 11.6 Å². The van der Waals surface area contributed by atoms with Crippen molar-refractivity contribution in [3.05, 3.63) is 47.1 Å². The average Bonchev–Trinajstić information content (AvgIpc) is 3.00. The standard InChI is InChI=1S/C17H17ClN2O3/c1-11-3-2-4-16(19-11)23-15-9-13(5-6-14(15)18)20-8-7-12(10-20)17(21)22/h2-6,9,12H,7-8,10H2,1H3,(H,21,22)/t12-/m1/s1. The van der Waals surface area contributed by atoms with Crippen LogP contribution < -0.4 is 9.64 Å². The first kappa shape index (κ1) is 15.6. The molecule has 1 aliphatic heterocycles. The highest BCUT2D eigenvalue weighted by atomic mass is 35.5. The summed E-state index contributed by atoms with van der Waals surface area (Å²) in [4.78, 5) is 17.4. The Balaban J connectivity index is 1.81. The molecule has 0 amide bonds. The van der Waals surface area contributed by atoms with Gasteiger partial charge in [-0.15, -0.1) is 0 Å². The topological polar surface area (TPSA) is 62.7 Å². The van der Waals surface area contributed by atoms with Crippen molar-refractivity contribution in [2.24, 2.45) is 5.92 Å². The molecule has 2 heterocycles. The van der Waals surface area contributed by atoms with Crippen LogP contribution >= 0.6 is 11.6 Å². The summed E-state index contributed by atoms with van der Waals surface area (Å²) in [5.41, 5.74) is 1.76. The van der Waals surface area contributed by atoms with Crippen LogP contribution in [0.4, 0.5) is 5.69 Å². The van der Waals surface area contributed by atoms with Gasteiger partial charge in [-0.3, -0.25) is 4.79 Å². The van der Waals surface area contributed by atoms with Gasteiger partial charge in [0, 0.05) is 36.6 Å². The van der Waals surface area contributed by atoms with Crippen LogP contribution in [0.5, 0.6) is 11.6 Å². The van der Waals surface area contributed by atoms with Crippen molar-refractivity contribution in [3.63, 3.8) is 0 Å². The number of carboxylic acid groups (broad SMARTS) is 1. The fraction of sp³-hybridized carbons (Fsp3) is 0.294. The van der Waals surface area contributed by atoms with E-state index >= 15 is 0 Å². The van der Waals surface area contributed by atoms with Gasteiger partial charge in [-0.1, -0.05) is 17.7 Å². The smallest absolute Gasteiger partial charge is 0.308 e. The molecule has 6 heteroatoms. The molecule has 1 aromatic carbocycles. The number of nitrogens with zero attached hydrogens (tertiary/aromatic N) is 2. The largest absolute Gasteiger partial charge is 0.481 e. The third-order valence-corrected chi connectivity index (χ3v) is 4.21. The van der Waals surface area contributed by atoms with E-state index in [1.807, 2.05) is 36.1 Å². The number of carboxylic acids is 1. The predicted octanol–water partition coefficient (Wildman–Crippen LogP) is 3.75. The quantitative estimate of drug-likeness (QED) is 0.924. The average molecular weight is 333 g/mol. The predicted molar refractivity (Wildman–Crippen MR) is 88.5 cm³/mol. The summed E-state index contributed by atoms with van der Waals surface area (Å²) in [7, 11) is 0. The van der Waals surface area contributed by atoms with Crippen molar-refractivity contribution in [2.45, 2.75) is 13.3 Å². The Hall–Kier alpha value is -2.27. The van der Waals surface area contributed by atoms with Crippen LogP contribution in [0, 0.1) is 12.8 Å². The summed E-state index contributed by atoms with van der Waals surface area (Å²) >= 11 is 6.21. The Morgan fingerprint density at radius 1 is 1.39 bits per heavy atom. The maximum atomic E-state index is 11.1. The van der Waals surface area contributed by atoms with E-state index in [2.05, 4.69) is 4.98 Å². The number of benzene rings is 1. The van der Waals surface area contributed by atoms with Crippen LogP contribution in [0.25, 0.3) is 0 Å². The molecule has 0 saturated carbocycles. The van der Waals surface area contributed by atoms with E-state index in [0.29, 0.717) is 36.2 Å². The van der Waals surface area contributed by atoms with Gasteiger partial charge in [-0.05, 0) is 31.5 Å². The van der Waals surface area contributed by atoms with Crippen LogP contribution in [-0.4, -0.2) is 29.1 Å². The molecule has 1 N–H and O–H groups in total. The number of ether oxygens (including phenoxy) is 1. The molecule has 5 nitrogen and oxygen atoms in total. The number of hydrogen-bond donors (Lipinski definition) is 1. The van der Waals surface area contributed by atoms with Gasteiger partial charge < -0.3 is 14.7 Å². The van der Waals surface area contributed by atoms with Crippen LogP contribution in [0.3, 0.4) is 0 Å². The molecule has 120 valence electrons. The second-order valence-electron chi connectivity index (χ2n) is 5.60. The molecule has 0 spiro atoms. The molecular formula is C17H17ClN2O3. The van der Waals surface area contributed by atoms with Gasteiger partial charge >= 0.3 is 5.97 Å². The first-order valence-electron chi connectivity index (χ1n) is 7.42. The van der Waals surface area contributed by atoms with Gasteiger partial charge in [0.15, 0.2) is 0 Å². The molecule has 1 aliphatic rings. The highest BCUT2D eigenvalue weighted by molar-refractivity contribution is 6.32. The summed E-state index contributed by atoms with van der Waals surface area (Å²) in [6, 6.07) is 11.0. The number of pyridine rings is 1. The lowest BCUT2D eigenvalue weighted by Gasteiger charge is -2.19. The number of halogens is 1. The zero-order valence-electron chi connectivity index (χ0n) is 12.7. The lowest BCUT2D eigenvalue weighted by Crippen LogP contribution is -2.22. The van der Waals surface area contributed by atoms with Gasteiger partial charge in [-0.25, -0.2) is 4.98 Å². The van der Waals surface area contributed by atoms with Crippen LogP contribution in [0.1, 0.15) is 12.1 Å². The zero-order chi connectivity index (χ0) is 16.4. The third-order valence-electron chi connectivity index (χ3n) is 3.89. The molecule has 1 atom stereocenters. The summed E-state index contributed by atoms with van der Waals surface area (Å²) in [5.74, 6) is -0.0784. The molecule has 0 radical (unpaired) electrons. The lowest BCUT2D eigenvalue weighted by molar-refractivity contribution is -0.140. The van der Waals surface area contributed by atoms with Crippen LogP contribution in [0.15, 0.2) is 36.4 Å². The number of hydrogen-bond acceptors (Lipinski definition) is 4. The van der Waals surface area contributed by atoms with Crippen LogP contribution in [0.2, 0.25) is 5.02 Å². The Labute approximate surface area is 139 Å². The number of anilines is 1. The molecule has 0 aliphatic carbocycles. The highest BCUT2D eigenvalue weighted by Crippen LogP contribution is 2.34. The molecule has 23 heavy (non-hydrogen) atoms. The Bertz CT molecular complexity index is 736. The lowest BCUT2D eigenvalue weighted by atomic mass is 10.1. The molecule has 3 rings (SSSR count). The minimum atomic E-state index is -0.748. The van der Waals surface area contributed by atoms with E-state index in [1.165, 1.54) is 0 Å². The molecule has 1 saturated heterocycles. The maximum Gasteiger partial charge on any atom is 0.308 e. The molecular weight excluding hydrogens is 316 g/mol. The monoisotopic (exact) mass is 332 g/mol. The maximum absolute atomic E-state index is 11.1. The van der Waals surface area contributed by atoms with Crippen LogP contribution in [-0.2, 0) is 4.79 Å². The summed E-state index contributed by atoms with van der Waals surface area (Å²) in [5, 5.41) is 9.61. The van der Waals surface area contributed by atoms with Crippen molar-refractivity contribution in [1.82, 2.24) is 4.98 Å². The van der Waals surface area contributed by atoms with Gasteiger partial charge in [-0.2, -0.15) is 0 Å². The van der Waals surface area contributed by atoms with E-state index < -0.39 is 5.97 Å². The Kier molecular flexibility index (Phi) is 4.39. The van der Waals surface area contributed by atoms with Gasteiger partial charge in [0.25, 0.3) is 0 Å². The second-order valence-corrected chi connectivity index (χ2v) is 6.01. The minimum Gasteiger partial charge on any atom is -0.481 e. The van der Waals surface area contributed by atoms with Crippen molar-refractivity contribution >= 4 is 23.3 Å². The fourth-order valence-electron chi connectivity index (χ4n) is 2.65. The van der Waals surface area contributed by atoms with E-state index in [9.17, 15) is 4.79 Å². The Morgan fingerprint density at radius 2 is 2.22 bits per heavy atom. The molecule has 0 unspecified atom stereocenters. The summed E-state index contributed by atoms with van der Waals surface area (Å²) in [6.45, 7) is 3.10. The summed E-state index contributed by atoms with van der Waals surface area (Å²) < 4.78 is 5.78. The van der Waals surface area contributed by atoms with Crippen molar-refractivity contribution in [2.75, 3.05) is 18.0 Å². The van der Waals surface area contributed by atoms with E-state index in [-0.39, 0.29) is 5.92 Å². The first-order valence-corrected chi connectivity index (χ1v) is 7.79. The number of aliphatic carboxylic acids is 1. The molecule has 1 aromatic heterocycles. The third kappa shape index (κ3) is 3.56. The minimum absolute atomic E-state index is 0.325. The van der Waals surface area contributed by atoms with E-state index in [4.69, 9.17) is 21.4 Å². The zero-order valence-corrected chi connectivity index (χ0v) is 13.5. The fourth-order valence-corrected chi connectivity index (χ4v) is 2.81. The Morgan fingerprint density at radius 3 is 2.91 bits per heavy atom. The van der Waals surface area contributed by atoms with Gasteiger partial charge in [0.1, 0.15) is 5.75 Å². The highest BCUT2D eigenvalue weighted by Gasteiger charge is 2.28. The molecule has 0 bridgehead atoms.